The summed E-state index contributed by atoms with van der Waals surface area (Å²) in [5.74, 6) is 0.498. The van der Waals surface area contributed by atoms with Crippen molar-refractivity contribution < 1.29 is 19.7 Å². The summed E-state index contributed by atoms with van der Waals surface area (Å²) in [5.41, 5.74) is 0.700. The number of rotatable bonds is 3. The van der Waals surface area contributed by atoms with Crippen LogP contribution in [0.15, 0.2) is 24.3 Å². The Morgan fingerprint density at radius 1 is 1.20 bits per heavy atom. The van der Waals surface area contributed by atoms with Crippen LogP contribution < -0.4 is 10.1 Å². The molecule has 1 saturated carbocycles. The molecular weight excluding hydrogens is 258 g/mol. The average Bonchev–Trinajstić information content (AvgIpc) is 2.56. The molecule has 110 valence electrons. The molecule has 0 spiro atoms. The smallest absolute Gasteiger partial charge is 0.221 e. The second kappa shape index (κ2) is 6.72. The number of benzene rings is 1. The van der Waals surface area contributed by atoms with Crippen molar-refractivity contribution in [1.82, 2.24) is 0 Å². The van der Waals surface area contributed by atoms with Crippen molar-refractivity contribution in [1.29, 1.82) is 0 Å². The standard InChI is InChI=1S/C15H21NO4/c1-10(17)16-11-6-8-12(9-7-11)20-14-5-3-2-4-13(18)15(14)19/h6-9,13-15,18-19H,2-5H2,1H3,(H,16,17). The van der Waals surface area contributed by atoms with Gasteiger partial charge < -0.3 is 20.3 Å². The van der Waals surface area contributed by atoms with E-state index in [9.17, 15) is 15.0 Å². The van der Waals surface area contributed by atoms with Crippen molar-refractivity contribution in [3.63, 3.8) is 0 Å². The van der Waals surface area contributed by atoms with E-state index in [0.717, 1.165) is 19.3 Å². The molecule has 3 atom stereocenters. The van der Waals surface area contributed by atoms with Gasteiger partial charge in [0.25, 0.3) is 0 Å². The summed E-state index contributed by atoms with van der Waals surface area (Å²) in [5, 5.41) is 22.5. The highest BCUT2D eigenvalue weighted by Crippen LogP contribution is 2.24. The Balaban J connectivity index is 1.99. The van der Waals surface area contributed by atoms with Crippen LogP contribution in [0.2, 0.25) is 0 Å². The minimum Gasteiger partial charge on any atom is -0.488 e. The first-order valence-electron chi connectivity index (χ1n) is 6.96. The molecule has 0 bridgehead atoms. The van der Waals surface area contributed by atoms with Crippen LogP contribution in [0.3, 0.4) is 0 Å². The lowest BCUT2D eigenvalue weighted by Gasteiger charge is -2.25. The van der Waals surface area contributed by atoms with E-state index in [1.165, 1.54) is 6.92 Å². The third-order valence-electron chi connectivity index (χ3n) is 3.48. The van der Waals surface area contributed by atoms with Crippen LogP contribution in [-0.4, -0.2) is 34.4 Å². The summed E-state index contributed by atoms with van der Waals surface area (Å²) in [4.78, 5) is 10.9. The third-order valence-corrected chi connectivity index (χ3v) is 3.48. The minimum atomic E-state index is -0.854. The first kappa shape index (κ1) is 14.8. The van der Waals surface area contributed by atoms with Gasteiger partial charge in [0.2, 0.25) is 5.91 Å². The van der Waals surface area contributed by atoms with Crippen LogP contribution in [0.4, 0.5) is 5.69 Å². The number of aliphatic hydroxyl groups is 2. The third kappa shape index (κ3) is 3.95. The second-order valence-corrected chi connectivity index (χ2v) is 5.20. The molecule has 3 unspecified atom stereocenters. The van der Waals surface area contributed by atoms with Crippen molar-refractivity contribution >= 4 is 11.6 Å². The number of carbonyl (C=O) groups is 1. The van der Waals surface area contributed by atoms with Gasteiger partial charge >= 0.3 is 0 Å². The summed E-state index contributed by atoms with van der Waals surface area (Å²) >= 11 is 0. The van der Waals surface area contributed by atoms with Crippen molar-refractivity contribution in [3.8, 4) is 5.75 Å². The molecule has 5 heteroatoms. The molecule has 2 rings (SSSR count). The van der Waals surface area contributed by atoms with Crippen LogP contribution in [0, 0.1) is 0 Å². The van der Waals surface area contributed by atoms with Gasteiger partial charge in [0, 0.05) is 12.6 Å². The van der Waals surface area contributed by atoms with E-state index in [-0.39, 0.29) is 12.0 Å². The number of amides is 1. The molecule has 0 saturated heterocycles. The summed E-state index contributed by atoms with van der Waals surface area (Å²) in [6, 6.07) is 6.98. The van der Waals surface area contributed by atoms with Crippen molar-refractivity contribution in [3.05, 3.63) is 24.3 Å². The van der Waals surface area contributed by atoms with Crippen LogP contribution >= 0.6 is 0 Å². The zero-order valence-electron chi connectivity index (χ0n) is 11.6. The predicted octanol–water partition coefficient (Wildman–Crippen LogP) is 1.69. The van der Waals surface area contributed by atoms with E-state index >= 15 is 0 Å². The maximum Gasteiger partial charge on any atom is 0.221 e. The fourth-order valence-electron chi connectivity index (χ4n) is 2.41. The first-order chi connectivity index (χ1) is 9.56. The Bertz CT molecular complexity index is 446. The molecule has 1 amide bonds. The molecule has 0 aliphatic heterocycles. The normalized spacial score (nSPS) is 26.6. The minimum absolute atomic E-state index is 0.124. The molecule has 0 aromatic heterocycles. The van der Waals surface area contributed by atoms with Gasteiger partial charge in [-0.25, -0.2) is 0 Å². The van der Waals surface area contributed by atoms with Gasteiger partial charge in [0.15, 0.2) is 0 Å². The van der Waals surface area contributed by atoms with Gasteiger partial charge in [0.05, 0.1) is 6.10 Å². The molecule has 1 fully saturated rings. The lowest BCUT2D eigenvalue weighted by Crippen LogP contribution is -2.39. The molecule has 20 heavy (non-hydrogen) atoms. The summed E-state index contributed by atoms with van der Waals surface area (Å²) in [7, 11) is 0. The number of nitrogens with one attached hydrogen (secondary N) is 1. The number of ether oxygens (including phenoxy) is 1. The van der Waals surface area contributed by atoms with E-state index in [2.05, 4.69) is 5.32 Å². The topological polar surface area (TPSA) is 78.8 Å². The fraction of sp³-hybridized carbons (Fsp3) is 0.533. The molecule has 1 aromatic carbocycles. The maximum atomic E-state index is 10.9. The zero-order valence-corrected chi connectivity index (χ0v) is 11.6. The fourth-order valence-corrected chi connectivity index (χ4v) is 2.41. The monoisotopic (exact) mass is 279 g/mol. The van der Waals surface area contributed by atoms with Crippen molar-refractivity contribution in [2.24, 2.45) is 0 Å². The Kier molecular flexibility index (Phi) is 4.98. The summed E-state index contributed by atoms with van der Waals surface area (Å²) < 4.78 is 5.76. The van der Waals surface area contributed by atoms with E-state index in [4.69, 9.17) is 4.74 Å². The SMILES string of the molecule is CC(=O)Nc1ccc(OC2CCCCC(O)C2O)cc1. The Morgan fingerprint density at radius 3 is 2.50 bits per heavy atom. The molecule has 1 aliphatic rings. The zero-order chi connectivity index (χ0) is 14.5. The molecule has 5 nitrogen and oxygen atoms in total. The lowest BCUT2D eigenvalue weighted by molar-refractivity contribution is -0.114. The highest BCUT2D eigenvalue weighted by atomic mass is 16.5. The van der Waals surface area contributed by atoms with Gasteiger partial charge in [-0.2, -0.15) is 0 Å². The number of aliphatic hydroxyl groups excluding tert-OH is 2. The highest BCUT2D eigenvalue weighted by Gasteiger charge is 2.30. The Hall–Kier alpha value is -1.59. The Labute approximate surface area is 118 Å². The summed E-state index contributed by atoms with van der Waals surface area (Å²) in [6.45, 7) is 1.45. The molecule has 0 radical (unpaired) electrons. The van der Waals surface area contributed by atoms with Crippen LogP contribution in [0.5, 0.6) is 5.75 Å². The van der Waals surface area contributed by atoms with Crippen molar-refractivity contribution in [2.75, 3.05) is 5.32 Å². The molecule has 0 heterocycles. The molecule has 1 aliphatic carbocycles. The number of hydrogen-bond acceptors (Lipinski definition) is 4. The average molecular weight is 279 g/mol. The quantitative estimate of drug-likeness (QED) is 0.736. The highest BCUT2D eigenvalue weighted by molar-refractivity contribution is 5.88. The van der Waals surface area contributed by atoms with Gasteiger partial charge in [-0.05, 0) is 43.5 Å². The van der Waals surface area contributed by atoms with E-state index in [1.54, 1.807) is 24.3 Å². The van der Waals surface area contributed by atoms with Gasteiger partial charge in [-0.1, -0.05) is 6.42 Å². The van der Waals surface area contributed by atoms with E-state index in [0.29, 0.717) is 17.9 Å². The predicted molar refractivity (Wildman–Crippen MR) is 75.6 cm³/mol. The molecular formula is C15H21NO4. The van der Waals surface area contributed by atoms with Crippen LogP contribution in [-0.2, 0) is 4.79 Å². The maximum absolute atomic E-state index is 10.9. The number of anilines is 1. The van der Waals surface area contributed by atoms with Crippen LogP contribution in [0.25, 0.3) is 0 Å². The van der Waals surface area contributed by atoms with Crippen LogP contribution in [0.1, 0.15) is 32.6 Å². The van der Waals surface area contributed by atoms with Gasteiger partial charge in [-0.15, -0.1) is 0 Å². The molecule has 1 aromatic rings. The number of hydrogen-bond donors (Lipinski definition) is 3. The number of carbonyl (C=O) groups excluding carboxylic acids is 1. The molecule has 3 N–H and O–H groups in total. The lowest BCUT2D eigenvalue weighted by atomic mass is 10.1. The first-order valence-corrected chi connectivity index (χ1v) is 6.96. The second-order valence-electron chi connectivity index (χ2n) is 5.20. The van der Waals surface area contributed by atoms with Gasteiger partial charge in [0.1, 0.15) is 18.0 Å². The van der Waals surface area contributed by atoms with Gasteiger partial charge in [-0.3, -0.25) is 4.79 Å². The largest absolute Gasteiger partial charge is 0.488 e. The van der Waals surface area contributed by atoms with E-state index < -0.39 is 12.2 Å². The Morgan fingerprint density at radius 2 is 1.85 bits per heavy atom. The van der Waals surface area contributed by atoms with E-state index in [1.807, 2.05) is 0 Å². The van der Waals surface area contributed by atoms with Crippen molar-refractivity contribution in [2.45, 2.75) is 50.9 Å². The summed E-state index contributed by atoms with van der Waals surface area (Å²) in [6.07, 6.45) is 1.21.